The van der Waals surface area contributed by atoms with Crippen molar-refractivity contribution in [1.29, 1.82) is 0 Å². The Morgan fingerprint density at radius 1 is 0.919 bits per heavy atom. The van der Waals surface area contributed by atoms with Gasteiger partial charge in [-0.05, 0) is 73.5 Å². The first-order valence-corrected chi connectivity index (χ1v) is 13.5. The molecule has 0 spiro atoms. The van der Waals surface area contributed by atoms with Crippen LogP contribution >= 0.6 is 34.3 Å². The number of fused-ring (bicyclic) bond motifs is 1. The van der Waals surface area contributed by atoms with Gasteiger partial charge < -0.3 is 10.6 Å². The molecule has 0 saturated heterocycles. The summed E-state index contributed by atoms with van der Waals surface area (Å²) in [4.78, 5) is 33.8. The van der Waals surface area contributed by atoms with E-state index in [1.807, 2.05) is 35.7 Å². The molecular weight excluding hydrogens is 526 g/mol. The maximum Gasteiger partial charge on any atom is 0.325 e. The summed E-state index contributed by atoms with van der Waals surface area (Å²) in [6.45, 7) is 2.07. The lowest BCUT2D eigenvalue weighted by Gasteiger charge is -2.06. The van der Waals surface area contributed by atoms with E-state index in [9.17, 15) is 9.59 Å². The fourth-order valence-corrected chi connectivity index (χ4v) is 5.62. The summed E-state index contributed by atoms with van der Waals surface area (Å²) in [7, 11) is 0. The molecule has 0 unspecified atom stereocenters. The lowest BCUT2D eigenvalue weighted by Crippen LogP contribution is -2.19. The van der Waals surface area contributed by atoms with Gasteiger partial charge in [-0.1, -0.05) is 23.7 Å². The van der Waals surface area contributed by atoms with Gasteiger partial charge in [-0.2, -0.15) is 0 Å². The molecule has 3 N–H and O–H groups in total. The number of aryl methyl sites for hydroxylation is 2. The van der Waals surface area contributed by atoms with E-state index in [4.69, 9.17) is 16.6 Å². The van der Waals surface area contributed by atoms with Crippen LogP contribution in [0.3, 0.4) is 0 Å². The van der Waals surface area contributed by atoms with Crippen molar-refractivity contribution in [1.82, 2.24) is 9.97 Å². The molecule has 3 amide bonds. The number of halogens is 1. The number of carbonyl (C=O) groups excluding carboxylic acids is 2. The Labute approximate surface area is 226 Å². The molecule has 0 saturated carbocycles. The fourth-order valence-electron chi connectivity index (χ4n) is 3.62. The third-order valence-electron chi connectivity index (χ3n) is 5.42. The maximum atomic E-state index is 12.5. The Kier molecular flexibility index (Phi) is 7.45. The summed E-state index contributed by atoms with van der Waals surface area (Å²) in [5.41, 5.74) is 5.26. The van der Waals surface area contributed by atoms with Crippen LogP contribution in [0.5, 0.6) is 0 Å². The third kappa shape index (κ3) is 6.51. The van der Waals surface area contributed by atoms with Crippen molar-refractivity contribution >= 4 is 72.9 Å². The van der Waals surface area contributed by atoms with Gasteiger partial charge >= 0.3 is 6.03 Å². The molecule has 5 aromatic rings. The molecule has 3 aromatic carbocycles. The number of nitrogens with zero attached hydrogens (tertiary/aromatic N) is 2. The molecule has 10 heteroatoms. The van der Waals surface area contributed by atoms with Crippen LogP contribution in [-0.4, -0.2) is 21.9 Å². The number of urea groups is 1. The number of aromatic nitrogens is 2. The summed E-state index contributed by atoms with van der Waals surface area (Å²) in [6, 6.07) is 20.4. The Morgan fingerprint density at radius 3 is 2.57 bits per heavy atom. The predicted molar refractivity (Wildman–Crippen MR) is 153 cm³/mol. The highest BCUT2D eigenvalue weighted by Crippen LogP contribution is 2.31. The van der Waals surface area contributed by atoms with Crippen molar-refractivity contribution in [2.75, 3.05) is 16.0 Å². The molecule has 37 heavy (non-hydrogen) atoms. The van der Waals surface area contributed by atoms with Crippen molar-refractivity contribution in [3.8, 4) is 10.6 Å². The first-order chi connectivity index (χ1) is 17.9. The molecule has 0 aliphatic carbocycles. The van der Waals surface area contributed by atoms with Crippen molar-refractivity contribution < 1.29 is 9.59 Å². The summed E-state index contributed by atoms with van der Waals surface area (Å²) in [5.74, 6) is -0.107. The summed E-state index contributed by atoms with van der Waals surface area (Å²) >= 11 is 8.90. The third-order valence-corrected chi connectivity index (χ3v) is 7.53. The average Bonchev–Trinajstić information content (AvgIpc) is 3.49. The number of carbonyl (C=O) groups is 2. The molecule has 0 bridgehead atoms. The molecule has 0 fully saturated rings. The monoisotopic (exact) mass is 547 g/mol. The standard InChI is InChI=1S/C27H22ClN5O2S2/c1-16-5-11-22-23(13-16)37-25(32-22)17-6-8-19(9-7-17)29-24(34)12-10-21-15-36-27(31-21)33-26(35)30-20-4-2-3-18(28)14-20/h2-9,11,13-15H,10,12H2,1H3,(H,29,34)(H2,30,31,33,35). The first kappa shape index (κ1) is 24.9. The second kappa shape index (κ2) is 11.1. The SMILES string of the molecule is Cc1ccc2nc(-c3ccc(NC(=O)CCc4csc(NC(=O)Nc5cccc(Cl)c5)n4)cc3)sc2c1. The van der Waals surface area contributed by atoms with Gasteiger partial charge in [-0.15, -0.1) is 22.7 Å². The lowest BCUT2D eigenvalue weighted by molar-refractivity contribution is -0.116. The van der Waals surface area contributed by atoms with E-state index in [2.05, 4.69) is 40.0 Å². The highest BCUT2D eigenvalue weighted by atomic mass is 35.5. The zero-order chi connectivity index (χ0) is 25.8. The lowest BCUT2D eigenvalue weighted by atomic mass is 10.2. The number of amides is 3. The number of thiazole rings is 2. The predicted octanol–water partition coefficient (Wildman–Crippen LogP) is 7.60. The van der Waals surface area contributed by atoms with Crippen LogP contribution in [0.1, 0.15) is 17.7 Å². The van der Waals surface area contributed by atoms with Gasteiger partial charge in [-0.3, -0.25) is 10.1 Å². The minimum Gasteiger partial charge on any atom is -0.326 e. The molecule has 0 aliphatic heterocycles. The van der Waals surface area contributed by atoms with Gasteiger partial charge in [0.05, 0.1) is 15.9 Å². The Balaban J connectivity index is 1.11. The average molecular weight is 548 g/mol. The van der Waals surface area contributed by atoms with E-state index in [-0.39, 0.29) is 12.3 Å². The molecule has 7 nitrogen and oxygen atoms in total. The second-order valence-electron chi connectivity index (χ2n) is 8.35. The van der Waals surface area contributed by atoms with Crippen molar-refractivity contribution in [3.05, 3.63) is 88.4 Å². The van der Waals surface area contributed by atoms with E-state index >= 15 is 0 Å². The Hall–Kier alpha value is -3.79. The Morgan fingerprint density at radius 2 is 1.76 bits per heavy atom. The van der Waals surface area contributed by atoms with E-state index < -0.39 is 6.03 Å². The van der Waals surface area contributed by atoms with Crippen LogP contribution in [0.15, 0.2) is 72.1 Å². The van der Waals surface area contributed by atoms with Gasteiger partial charge in [0.15, 0.2) is 5.13 Å². The van der Waals surface area contributed by atoms with Crippen molar-refractivity contribution in [2.45, 2.75) is 19.8 Å². The molecule has 5 rings (SSSR count). The molecule has 0 aliphatic rings. The maximum absolute atomic E-state index is 12.5. The van der Waals surface area contributed by atoms with Crippen LogP contribution in [0.4, 0.5) is 21.3 Å². The minimum absolute atomic E-state index is 0.107. The van der Waals surface area contributed by atoms with E-state index in [1.54, 1.807) is 35.6 Å². The first-order valence-electron chi connectivity index (χ1n) is 11.5. The highest BCUT2D eigenvalue weighted by molar-refractivity contribution is 7.21. The van der Waals surface area contributed by atoms with E-state index in [1.165, 1.54) is 16.9 Å². The highest BCUT2D eigenvalue weighted by Gasteiger charge is 2.11. The van der Waals surface area contributed by atoms with Crippen LogP contribution < -0.4 is 16.0 Å². The molecule has 0 atom stereocenters. The van der Waals surface area contributed by atoms with Crippen LogP contribution in [0.2, 0.25) is 5.02 Å². The number of anilines is 3. The molecular formula is C27H22ClN5O2S2. The molecule has 2 heterocycles. The zero-order valence-electron chi connectivity index (χ0n) is 19.7. The second-order valence-corrected chi connectivity index (χ2v) is 10.7. The zero-order valence-corrected chi connectivity index (χ0v) is 22.1. The smallest absolute Gasteiger partial charge is 0.325 e. The van der Waals surface area contributed by atoms with Crippen molar-refractivity contribution in [2.24, 2.45) is 0 Å². The van der Waals surface area contributed by atoms with Gasteiger partial charge in [-0.25, -0.2) is 14.8 Å². The van der Waals surface area contributed by atoms with Gasteiger partial charge in [0.1, 0.15) is 5.01 Å². The number of rotatable bonds is 7. The normalized spacial score (nSPS) is 10.9. The molecule has 0 radical (unpaired) electrons. The van der Waals surface area contributed by atoms with E-state index in [0.717, 1.165) is 32.2 Å². The summed E-state index contributed by atoms with van der Waals surface area (Å²) in [6.07, 6.45) is 0.736. The molecule has 186 valence electrons. The van der Waals surface area contributed by atoms with Crippen LogP contribution in [0.25, 0.3) is 20.8 Å². The number of hydrogen-bond donors (Lipinski definition) is 3. The number of benzene rings is 3. The summed E-state index contributed by atoms with van der Waals surface area (Å²) < 4.78 is 1.16. The molecule has 2 aromatic heterocycles. The van der Waals surface area contributed by atoms with Crippen molar-refractivity contribution in [3.63, 3.8) is 0 Å². The van der Waals surface area contributed by atoms with Gasteiger partial charge in [0.2, 0.25) is 5.91 Å². The fraction of sp³-hybridized carbons (Fsp3) is 0.111. The topological polar surface area (TPSA) is 96.0 Å². The minimum atomic E-state index is -0.412. The summed E-state index contributed by atoms with van der Waals surface area (Å²) in [5, 5.41) is 12.1. The van der Waals surface area contributed by atoms with Crippen LogP contribution in [-0.2, 0) is 11.2 Å². The number of nitrogens with one attached hydrogen (secondary N) is 3. The largest absolute Gasteiger partial charge is 0.326 e. The van der Waals surface area contributed by atoms with Crippen LogP contribution in [0, 0.1) is 6.92 Å². The Bertz CT molecular complexity index is 1580. The number of hydrogen-bond acceptors (Lipinski definition) is 6. The van der Waals surface area contributed by atoms with Gasteiger partial charge in [0.25, 0.3) is 0 Å². The van der Waals surface area contributed by atoms with Gasteiger partial charge in [0, 0.05) is 33.8 Å². The van der Waals surface area contributed by atoms with E-state index in [0.29, 0.717) is 22.3 Å². The quantitative estimate of drug-likeness (QED) is 0.195.